The highest BCUT2D eigenvalue weighted by atomic mass is 32.2. The van der Waals surface area contributed by atoms with E-state index in [0.717, 1.165) is 43.9 Å². The van der Waals surface area contributed by atoms with Crippen molar-refractivity contribution in [3.63, 3.8) is 0 Å². The molecule has 3 aliphatic heterocycles. The summed E-state index contributed by atoms with van der Waals surface area (Å²) in [6.07, 6.45) is 9.58. The van der Waals surface area contributed by atoms with Crippen LogP contribution in [0.5, 0.6) is 17.4 Å². The fourth-order valence-electron chi connectivity index (χ4n) is 9.25. The molecule has 0 radical (unpaired) electrons. The van der Waals surface area contributed by atoms with Crippen LogP contribution >= 0.6 is 0 Å². The second kappa shape index (κ2) is 16.0. The lowest BCUT2D eigenvalue weighted by atomic mass is 10.0. The molecule has 0 unspecified atom stereocenters. The third kappa shape index (κ3) is 7.90. The fraction of sp³-hybridized carbons (Fsp3) is 0.511. The Morgan fingerprint density at radius 3 is 2.57 bits per heavy atom. The monoisotopic (exact) mass is 882 g/mol. The van der Waals surface area contributed by atoms with Gasteiger partial charge in [0.05, 0.1) is 11.3 Å². The van der Waals surface area contributed by atoms with Gasteiger partial charge in [0.25, 0.3) is 11.8 Å². The molecule has 332 valence electrons. The smallest absolute Gasteiger partial charge is 0.408 e. The van der Waals surface area contributed by atoms with Crippen molar-refractivity contribution in [2.24, 2.45) is 5.92 Å². The summed E-state index contributed by atoms with van der Waals surface area (Å²) in [5.74, 6) is -0.927. The van der Waals surface area contributed by atoms with Crippen LogP contribution in [-0.2, 0) is 29.1 Å². The second-order valence-corrected chi connectivity index (χ2v) is 20.1. The maximum atomic E-state index is 14.8. The summed E-state index contributed by atoms with van der Waals surface area (Å²) < 4.78 is 57.6. The summed E-state index contributed by atoms with van der Waals surface area (Å²) in [6, 6.07) is 10.5. The van der Waals surface area contributed by atoms with Gasteiger partial charge in [-0.1, -0.05) is 37.1 Å². The molecule has 4 fully saturated rings. The molecule has 4 amide bonds. The average molecular weight is 883 g/mol. The van der Waals surface area contributed by atoms with Gasteiger partial charge in [-0.25, -0.2) is 18.2 Å². The Labute approximate surface area is 363 Å². The van der Waals surface area contributed by atoms with Crippen LogP contribution in [0.15, 0.2) is 59.0 Å². The van der Waals surface area contributed by atoms with Crippen molar-refractivity contribution in [1.29, 1.82) is 0 Å². The number of carbonyl (C=O) groups is 4. The van der Waals surface area contributed by atoms with E-state index in [2.05, 4.69) is 15.4 Å². The number of rotatable bonds is 8. The molecule has 3 N–H and O–H groups in total. The Bertz CT molecular complexity index is 2640. The highest BCUT2D eigenvalue weighted by Gasteiger charge is 2.63. The summed E-state index contributed by atoms with van der Waals surface area (Å²) in [7, 11) is -4.03. The van der Waals surface area contributed by atoms with Crippen molar-refractivity contribution in [1.82, 2.24) is 30.2 Å². The van der Waals surface area contributed by atoms with E-state index in [1.54, 1.807) is 19.1 Å². The van der Waals surface area contributed by atoms with E-state index >= 15 is 0 Å². The van der Waals surface area contributed by atoms with E-state index in [9.17, 15) is 27.6 Å². The molecule has 2 aromatic carbocycles. The molecule has 5 atom stereocenters. The molecule has 2 aromatic heterocycles. The predicted octanol–water partition coefficient (Wildman–Crippen LogP) is 5.55. The van der Waals surface area contributed by atoms with Crippen LogP contribution in [0.2, 0.25) is 0 Å². The lowest BCUT2D eigenvalue weighted by Crippen LogP contribution is -2.58. The lowest BCUT2D eigenvalue weighted by molar-refractivity contribution is -0.141. The number of para-hydroxylation sites is 1. The first-order valence-electron chi connectivity index (χ1n) is 22.0. The first-order valence-corrected chi connectivity index (χ1v) is 23.5. The fourth-order valence-corrected chi connectivity index (χ4v) is 10.6. The Balaban J connectivity index is 0.989. The van der Waals surface area contributed by atoms with Crippen molar-refractivity contribution in [2.75, 3.05) is 13.3 Å². The van der Waals surface area contributed by atoms with Crippen molar-refractivity contribution in [2.45, 2.75) is 125 Å². The standard InChI is InChI=1S/C45H50N6O11S/c1-44(19-20-44)63(56,57)50-42(54)45-23-27(45)11-5-3-2-4-6-15-31(46-43(55)61-28-12-7-8-13-28)41(53)51-24-29(22-32(51)39(52)49-45)60-40-37-36(30-14-9-10-16-33(30)62-37)47-38(48-40)26-17-18-34-35(21-26)59-25-58-34/h5,9-11,14,16-18,21,27-29,31-32H,2-4,6-8,12-13,15,19-20,22-25H2,1H3,(H,46,55)(H,49,52)(H,50,54)/t27-,29-,31+,32+,45-/m1/s1. The number of hydrogen-bond donors (Lipinski definition) is 3. The largest absolute Gasteiger partial charge is 0.470 e. The van der Waals surface area contributed by atoms with Crippen molar-refractivity contribution < 1.29 is 51.0 Å². The van der Waals surface area contributed by atoms with Gasteiger partial charge < -0.3 is 38.9 Å². The zero-order chi connectivity index (χ0) is 43.5. The number of alkyl carbamates (subject to hydrolysis) is 1. The maximum Gasteiger partial charge on any atom is 0.408 e. The van der Waals surface area contributed by atoms with Crippen LogP contribution in [0.25, 0.3) is 33.5 Å². The molecule has 4 aromatic rings. The third-order valence-corrected chi connectivity index (χ3v) is 15.6. The van der Waals surface area contributed by atoms with Gasteiger partial charge in [-0.15, -0.1) is 0 Å². The quantitative estimate of drug-likeness (QED) is 0.185. The van der Waals surface area contributed by atoms with Crippen LogP contribution in [0.1, 0.15) is 90.4 Å². The number of ether oxygens (including phenoxy) is 4. The number of amides is 4. The minimum atomic E-state index is -4.03. The molecular weight excluding hydrogens is 833 g/mol. The molecule has 6 aliphatic rings. The second-order valence-electron chi connectivity index (χ2n) is 17.9. The van der Waals surface area contributed by atoms with E-state index in [-0.39, 0.29) is 43.7 Å². The Hall–Kier alpha value is -5.91. The van der Waals surface area contributed by atoms with Crippen LogP contribution in [-0.4, -0.2) is 95.0 Å². The number of fused-ring (bicyclic) bond motifs is 6. The summed E-state index contributed by atoms with van der Waals surface area (Å²) >= 11 is 0. The number of hydrogen-bond acceptors (Lipinski definition) is 13. The highest BCUT2D eigenvalue weighted by Crippen LogP contribution is 2.48. The molecule has 5 heterocycles. The molecular formula is C45H50N6O11S. The summed E-state index contributed by atoms with van der Waals surface area (Å²) in [5.41, 5.74) is 0.373. The van der Waals surface area contributed by atoms with Crippen LogP contribution < -0.4 is 29.6 Å². The summed E-state index contributed by atoms with van der Waals surface area (Å²) in [6.45, 7) is 1.59. The normalized spacial score (nSPS) is 26.9. The number of allylic oxidation sites excluding steroid dienone is 1. The number of carbonyl (C=O) groups excluding carboxylic acids is 4. The van der Waals surface area contributed by atoms with Gasteiger partial charge in [-0.05, 0) is 101 Å². The van der Waals surface area contributed by atoms with Crippen LogP contribution in [0.4, 0.5) is 4.79 Å². The third-order valence-electron chi connectivity index (χ3n) is 13.4. The molecule has 0 bridgehead atoms. The minimum Gasteiger partial charge on any atom is -0.470 e. The van der Waals surface area contributed by atoms with Crippen LogP contribution in [0.3, 0.4) is 0 Å². The van der Waals surface area contributed by atoms with Gasteiger partial charge in [-0.3, -0.25) is 19.1 Å². The number of nitrogens with zero attached hydrogens (tertiary/aromatic N) is 3. The molecule has 63 heavy (non-hydrogen) atoms. The topological polar surface area (TPSA) is 218 Å². The zero-order valence-corrected chi connectivity index (χ0v) is 35.7. The first-order chi connectivity index (χ1) is 30.4. The lowest BCUT2D eigenvalue weighted by Gasteiger charge is -2.30. The van der Waals surface area contributed by atoms with Gasteiger partial charge in [0, 0.05) is 23.3 Å². The van der Waals surface area contributed by atoms with Gasteiger partial charge in [0.2, 0.25) is 34.2 Å². The van der Waals surface area contributed by atoms with Gasteiger partial charge in [0.1, 0.15) is 40.9 Å². The number of benzene rings is 2. The zero-order valence-electron chi connectivity index (χ0n) is 34.9. The SMILES string of the molecule is CC1(S(=O)(=O)NC(=O)[C@@]23C[C@H]2C=CCCCCC[C@H](NC(=O)OC2CCCC2)C(=O)N2C[C@H](Oc4nc(-c5ccc6c(c5)OCO6)nc5c4oc4ccccc45)C[C@H]2C(=O)N3)CC1. The molecule has 17 nitrogen and oxygen atoms in total. The highest BCUT2D eigenvalue weighted by molar-refractivity contribution is 7.91. The van der Waals surface area contributed by atoms with E-state index in [1.807, 2.05) is 42.5 Å². The van der Waals surface area contributed by atoms with Gasteiger partial charge >= 0.3 is 6.09 Å². The molecule has 1 saturated heterocycles. The number of aromatic nitrogens is 2. The van der Waals surface area contributed by atoms with Crippen molar-refractivity contribution in [3.8, 4) is 28.8 Å². The summed E-state index contributed by atoms with van der Waals surface area (Å²) in [4.78, 5) is 68.0. The maximum absolute atomic E-state index is 14.8. The van der Waals surface area contributed by atoms with Crippen molar-refractivity contribution in [3.05, 3.63) is 54.6 Å². The van der Waals surface area contributed by atoms with E-state index in [1.165, 1.54) is 4.90 Å². The van der Waals surface area contributed by atoms with E-state index in [0.29, 0.717) is 66.1 Å². The molecule has 3 aliphatic carbocycles. The predicted molar refractivity (Wildman–Crippen MR) is 227 cm³/mol. The summed E-state index contributed by atoms with van der Waals surface area (Å²) in [5, 5.41) is 6.47. The van der Waals surface area contributed by atoms with E-state index < -0.39 is 68.2 Å². The Kier molecular flexibility index (Phi) is 10.5. The first kappa shape index (κ1) is 41.1. The molecule has 3 saturated carbocycles. The van der Waals surface area contributed by atoms with Crippen LogP contribution in [0, 0.1) is 5.92 Å². The Morgan fingerprint density at radius 2 is 1.75 bits per heavy atom. The van der Waals surface area contributed by atoms with Crippen molar-refractivity contribution >= 4 is 55.9 Å². The molecule has 18 heteroatoms. The average Bonchev–Trinajstić information content (AvgIpc) is 3.75. The number of furan rings is 1. The molecule has 10 rings (SSSR count). The minimum absolute atomic E-state index is 0.0313. The number of sulfonamides is 1. The van der Waals surface area contributed by atoms with E-state index in [4.69, 9.17) is 33.3 Å². The molecule has 0 spiro atoms. The van der Waals surface area contributed by atoms with Gasteiger partial charge in [-0.2, -0.15) is 4.98 Å². The Morgan fingerprint density at radius 1 is 0.952 bits per heavy atom. The number of nitrogens with one attached hydrogen (secondary N) is 3. The van der Waals surface area contributed by atoms with Gasteiger partial charge in [0.15, 0.2) is 17.3 Å².